The van der Waals surface area contributed by atoms with E-state index < -0.39 is 0 Å². The summed E-state index contributed by atoms with van der Waals surface area (Å²) < 4.78 is 0. The fourth-order valence-electron chi connectivity index (χ4n) is 3.22. The normalized spacial score (nSPS) is 36.6. The fraction of sp³-hybridized carbons (Fsp3) is 1.00. The highest BCUT2D eigenvalue weighted by Crippen LogP contribution is 2.30. The van der Waals surface area contributed by atoms with Crippen LogP contribution in [-0.2, 0) is 0 Å². The van der Waals surface area contributed by atoms with Crippen LogP contribution in [0.25, 0.3) is 0 Å². The summed E-state index contributed by atoms with van der Waals surface area (Å²) in [5, 5.41) is 3.75. The first-order valence-corrected chi connectivity index (χ1v) is 6.59. The van der Waals surface area contributed by atoms with Crippen LogP contribution >= 0.6 is 0 Å². The Morgan fingerprint density at radius 2 is 1.64 bits per heavy atom. The van der Waals surface area contributed by atoms with Gasteiger partial charge in [-0.05, 0) is 44.1 Å². The molecule has 82 valence electrons. The molecule has 0 amide bonds. The molecule has 1 nitrogen and oxygen atoms in total. The van der Waals surface area contributed by atoms with Gasteiger partial charge in [0.05, 0.1) is 0 Å². The summed E-state index contributed by atoms with van der Waals surface area (Å²) in [7, 11) is 0. The highest BCUT2D eigenvalue weighted by molar-refractivity contribution is 4.83. The average Bonchev–Trinajstić information content (AvgIpc) is 2.45. The van der Waals surface area contributed by atoms with Gasteiger partial charge in [0.1, 0.15) is 0 Å². The quantitative estimate of drug-likeness (QED) is 0.633. The summed E-state index contributed by atoms with van der Waals surface area (Å²) >= 11 is 0. The number of hydrogen-bond acceptors (Lipinski definition) is 1. The molecule has 1 N–H and O–H groups in total. The van der Waals surface area contributed by atoms with Gasteiger partial charge >= 0.3 is 0 Å². The molecule has 2 unspecified atom stereocenters. The molecule has 1 heterocycles. The fourth-order valence-corrected chi connectivity index (χ4v) is 3.22. The first-order valence-electron chi connectivity index (χ1n) is 6.59. The Bertz CT molecular complexity index is 159. The lowest BCUT2D eigenvalue weighted by molar-refractivity contribution is 0.230. The Hall–Kier alpha value is -0.0400. The molecule has 1 heteroatoms. The zero-order valence-electron chi connectivity index (χ0n) is 9.60. The second-order valence-corrected chi connectivity index (χ2v) is 5.44. The second-order valence-electron chi connectivity index (χ2n) is 5.44. The standard InChI is InChI=1S/C13H25N/c1-11-8-9-14-13(10-11)12-6-4-2-3-5-7-12/h11-14H,2-10H2,1H3. The number of rotatable bonds is 1. The number of piperidine rings is 1. The van der Waals surface area contributed by atoms with Crippen molar-refractivity contribution in [1.29, 1.82) is 0 Å². The highest BCUT2D eigenvalue weighted by Gasteiger charge is 2.26. The zero-order valence-corrected chi connectivity index (χ0v) is 9.60. The number of hydrogen-bond donors (Lipinski definition) is 1. The SMILES string of the molecule is CC1CCNC(C2CCCCCC2)C1. The van der Waals surface area contributed by atoms with Crippen molar-refractivity contribution in [2.45, 2.75) is 64.3 Å². The molecule has 0 aromatic carbocycles. The van der Waals surface area contributed by atoms with Crippen molar-refractivity contribution < 1.29 is 0 Å². The van der Waals surface area contributed by atoms with Crippen molar-refractivity contribution in [3.05, 3.63) is 0 Å². The van der Waals surface area contributed by atoms with E-state index in [1.165, 1.54) is 57.9 Å². The third-order valence-corrected chi connectivity index (χ3v) is 4.17. The molecular formula is C13H25N. The predicted octanol–water partition coefficient (Wildman–Crippen LogP) is 3.34. The van der Waals surface area contributed by atoms with Crippen LogP contribution in [0.5, 0.6) is 0 Å². The number of nitrogens with one attached hydrogen (secondary N) is 1. The van der Waals surface area contributed by atoms with Gasteiger partial charge in [0.25, 0.3) is 0 Å². The minimum absolute atomic E-state index is 0.858. The Balaban J connectivity index is 1.85. The summed E-state index contributed by atoms with van der Waals surface area (Å²) in [5.74, 6) is 1.96. The maximum Gasteiger partial charge on any atom is 0.00978 e. The van der Waals surface area contributed by atoms with Crippen LogP contribution in [-0.4, -0.2) is 12.6 Å². The van der Waals surface area contributed by atoms with Crippen molar-refractivity contribution in [3.63, 3.8) is 0 Å². The van der Waals surface area contributed by atoms with E-state index in [1.807, 2.05) is 0 Å². The molecule has 2 aliphatic rings. The van der Waals surface area contributed by atoms with Crippen LogP contribution in [0.2, 0.25) is 0 Å². The van der Waals surface area contributed by atoms with Crippen LogP contribution in [0.15, 0.2) is 0 Å². The van der Waals surface area contributed by atoms with Gasteiger partial charge in [-0.1, -0.05) is 32.6 Å². The molecule has 2 atom stereocenters. The van der Waals surface area contributed by atoms with Crippen LogP contribution in [0.4, 0.5) is 0 Å². The maximum atomic E-state index is 3.75. The van der Waals surface area contributed by atoms with E-state index in [1.54, 1.807) is 0 Å². The van der Waals surface area contributed by atoms with Crippen molar-refractivity contribution in [2.75, 3.05) is 6.54 Å². The van der Waals surface area contributed by atoms with Gasteiger partial charge in [0.15, 0.2) is 0 Å². The molecule has 1 saturated heterocycles. The summed E-state index contributed by atoms with van der Waals surface area (Å²) in [6.45, 7) is 3.69. The van der Waals surface area contributed by atoms with Gasteiger partial charge in [-0.25, -0.2) is 0 Å². The third kappa shape index (κ3) is 2.73. The monoisotopic (exact) mass is 195 g/mol. The molecule has 14 heavy (non-hydrogen) atoms. The van der Waals surface area contributed by atoms with Crippen LogP contribution < -0.4 is 5.32 Å². The first-order chi connectivity index (χ1) is 6.86. The van der Waals surface area contributed by atoms with E-state index in [0.29, 0.717) is 0 Å². The molecule has 0 aromatic heterocycles. The van der Waals surface area contributed by atoms with Gasteiger partial charge < -0.3 is 5.32 Å². The van der Waals surface area contributed by atoms with E-state index in [4.69, 9.17) is 0 Å². The highest BCUT2D eigenvalue weighted by atomic mass is 14.9. The van der Waals surface area contributed by atoms with Crippen LogP contribution in [0.1, 0.15) is 58.3 Å². The van der Waals surface area contributed by atoms with E-state index in [9.17, 15) is 0 Å². The summed E-state index contributed by atoms with van der Waals surface area (Å²) in [4.78, 5) is 0. The lowest BCUT2D eigenvalue weighted by atomic mass is 9.83. The Morgan fingerprint density at radius 3 is 2.29 bits per heavy atom. The van der Waals surface area contributed by atoms with Gasteiger partial charge in [0.2, 0.25) is 0 Å². The van der Waals surface area contributed by atoms with Gasteiger partial charge in [-0.2, -0.15) is 0 Å². The third-order valence-electron chi connectivity index (χ3n) is 4.17. The second kappa shape index (κ2) is 5.16. The van der Waals surface area contributed by atoms with Crippen LogP contribution in [0.3, 0.4) is 0 Å². The van der Waals surface area contributed by atoms with Crippen molar-refractivity contribution in [3.8, 4) is 0 Å². The van der Waals surface area contributed by atoms with Gasteiger partial charge in [-0.3, -0.25) is 0 Å². The molecule has 2 fully saturated rings. The summed E-state index contributed by atoms with van der Waals surface area (Å²) in [6, 6.07) is 0.858. The zero-order chi connectivity index (χ0) is 9.80. The minimum Gasteiger partial charge on any atom is -0.314 e. The molecule has 0 bridgehead atoms. The van der Waals surface area contributed by atoms with E-state index in [0.717, 1.165) is 17.9 Å². The molecular weight excluding hydrogens is 170 g/mol. The molecule has 0 spiro atoms. The molecule has 0 aromatic rings. The molecule has 1 aliphatic carbocycles. The topological polar surface area (TPSA) is 12.0 Å². The van der Waals surface area contributed by atoms with Gasteiger partial charge in [-0.15, -0.1) is 0 Å². The van der Waals surface area contributed by atoms with Crippen molar-refractivity contribution in [1.82, 2.24) is 5.32 Å². The van der Waals surface area contributed by atoms with E-state index in [-0.39, 0.29) is 0 Å². The smallest absolute Gasteiger partial charge is 0.00978 e. The largest absolute Gasteiger partial charge is 0.314 e. The Morgan fingerprint density at radius 1 is 0.929 bits per heavy atom. The molecule has 0 radical (unpaired) electrons. The molecule has 1 saturated carbocycles. The van der Waals surface area contributed by atoms with Crippen molar-refractivity contribution in [2.24, 2.45) is 11.8 Å². The maximum absolute atomic E-state index is 3.75. The van der Waals surface area contributed by atoms with E-state index in [2.05, 4.69) is 12.2 Å². The summed E-state index contributed by atoms with van der Waals surface area (Å²) in [6.07, 6.45) is 11.7. The molecule has 2 rings (SSSR count). The predicted molar refractivity (Wildman–Crippen MR) is 61.4 cm³/mol. The Labute approximate surface area is 88.7 Å². The lowest BCUT2D eigenvalue weighted by Gasteiger charge is -2.34. The van der Waals surface area contributed by atoms with E-state index >= 15 is 0 Å². The minimum atomic E-state index is 0.858. The molecule has 1 aliphatic heterocycles. The van der Waals surface area contributed by atoms with Crippen molar-refractivity contribution >= 4 is 0 Å². The first kappa shape index (κ1) is 10.5. The lowest BCUT2D eigenvalue weighted by Crippen LogP contribution is -2.42. The Kier molecular flexibility index (Phi) is 3.86. The van der Waals surface area contributed by atoms with Crippen LogP contribution in [0, 0.1) is 11.8 Å². The average molecular weight is 195 g/mol. The summed E-state index contributed by atoms with van der Waals surface area (Å²) in [5.41, 5.74) is 0. The van der Waals surface area contributed by atoms with Gasteiger partial charge in [0, 0.05) is 6.04 Å².